The zero-order valence-corrected chi connectivity index (χ0v) is 17.3. The van der Waals surface area contributed by atoms with Gasteiger partial charge in [-0.2, -0.15) is 0 Å². The van der Waals surface area contributed by atoms with Crippen molar-refractivity contribution in [3.63, 3.8) is 0 Å². The Morgan fingerprint density at radius 2 is 2.00 bits per heavy atom. The predicted molar refractivity (Wildman–Crippen MR) is 111 cm³/mol. The molecule has 0 heterocycles. The van der Waals surface area contributed by atoms with Gasteiger partial charge >= 0.3 is 0 Å². The molecule has 3 N–H and O–H groups in total. The van der Waals surface area contributed by atoms with Crippen molar-refractivity contribution in [3.8, 4) is 0 Å². The van der Waals surface area contributed by atoms with E-state index in [-0.39, 0.29) is 41.3 Å². The first kappa shape index (κ1) is 20.7. The molecule has 6 heteroatoms. The third-order valence-electron chi connectivity index (χ3n) is 3.85. The number of benzene rings is 1. The molecule has 1 fully saturated rings. The van der Waals surface area contributed by atoms with Gasteiger partial charge in [0, 0.05) is 30.7 Å². The van der Waals surface area contributed by atoms with Crippen LogP contribution in [0.5, 0.6) is 0 Å². The standard InChI is InChI=1S/C18H28N4O.HI/c1-18(2,3)22-17(19-4)20-12-13-7-5-10-15(11-13)21-16(23)14-8-6-9-14;/h5,7,10-11,14H,6,8-9,12H2,1-4H3,(H,21,23)(H2,19,20,22);1H. The summed E-state index contributed by atoms with van der Waals surface area (Å²) in [7, 11) is 1.76. The zero-order chi connectivity index (χ0) is 16.9. The van der Waals surface area contributed by atoms with E-state index >= 15 is 0 Å². The summed E-state index contributed by atoms with van der Waals surface area (Å²) in [5.74, 6) is 1.11. The quantitative estimate of drug-likeness (QED) is 0.379. The summed E-state index contributed by atoms with van der Waals surface area (Å²) in [6, 6.07) is 7.94. The first-order valence-electron chi connectivity index (χ1n) is 8.26. The van der Waals surface area contributed by atoms with Gasteiger partial charge in [0.05, 0.1) is 0 Å². The van der Waals surface area contributed by atoms with Gasteiger partial charge in [-0.05, 0) is 51.3 Å². The Kier molecular flexibility index (Phi) is 7.99. The van der Waals surface area contributed by atoms with Crippen molar-refractivity contribution in [1.82, 2.24) is 10.6 Å². The van der Waals surface area contributed by atoms with E-state index in [4.69, 9.17) is 0 Å². The van der Waals surface area contributed by atoms with Crippen LogP contribution < -0.4 is 16.0 Å². The van der Waals surface area contributed by atoms with E-state index < -0.39 is 0 Å². The Morgan fingerprint density at radius 3 is 2.54 bits per heavy atom. The minimum absolute atomic E-state index is 0. The minimum atomic E-state index is -0.0412. The number of carbonyl (C=O) groups is 1. The minimum Gasteiger partial charge on any atom is -0.352 e. The molecule has 24 heavy (non-hydrogen) atoms. The SMILES string of the molecule is CN=C(NCc1cccc(NC(=O)C2CCC2)c1)NC(C)(C)C.I. The fraction of sp³-hybridized carbons (Fsp3) is 0.556. The Labute approximate surface area is 162 Å². The molecule has 1 saturated carbocycles. The summed E-state index contributed by atoms with van der Waals surface area (Å²) in [6.07, 6.45) is 3.20. The first-order valence-corrected chi connectivity index (χ1v) is 8.26. The number of nitrogens with zero attached hydrogens (tertiary/aromatic N) is 1. The van der Waals surface area contributed by atoms with Gasteiger partial charge in [0.1, 0.15) is 0 Å². The number of carbonyl (C=O) groups excluding carboxylic acids is 1. The third-order valence-corrected chi connectivity index (χ3v) is 3.85. The average Bonchev–Trinajstić information content (AvgIpc) is 2.40. The number of anilines is 1. The highest BCUT2D eigenvalue weighted by Crippen LogP contribution is 2.27. The maximum Gasteiger partial charge on any atom is 0.227 e. The molecule has 5 nitrogen and oxygen atoms in total. The van der Waals surface area contributed by atoms with E-state index in [9.17, 15) is 4.79 Å². The molecule has 0 atom stereocenters. The fourth-order valence-electron chi connectivity index (χ4n) is 2.39. The predicted octanol–water partition coefficient (Wildman–Crippen LogP) is 3.51. The maximum atomic E-state index is 12.0. The van der Waals surface area contributed by atoms with Crippen LogP contribution in [0.4, 0.5) is 5.69 Å². The van der Waals surface area contributed by atoms with Gasteiger partial charge in [0.25, 0.3) is 0 Å². The van der Waals surface area contributed by atoms with Crippen LogP contribution in [-0.4, -0.2) is 24.5 Å². The Hall–Kier alpha value is -1.31. The number of rotatable bonds is 4. The molecule has 0 unspecified atom stereocenters. The monoisotopic (exact) mass is 444 g/mol. The van der Waals surface area contributed by atoms with Crippen LogP contribution in [-0.2, 0) is 11.3 Å². The second-order valence-electron chi connectivity index (χ2n) is 7.12. The van der Waals surface area contributed by atoms with Crippen molar-refractivity contribution in [2.45, 2.75) is 52.1 Å². The lowest BCUT2D eigenvalue weighted by Crippen LogP contribution is -2.47. The highest BCUT2D eigenvalue weighted by atomic mass is 127. The molecule has 1 amide bonds. The molecular weight excluding hydrogens is 415 g/mol. The van der Waals surface area contributed by atoms with Crippen molar-refractivity contribution < 1.29 is 4.79 Å². The number of amides is 1. The smallest absolute Gasteiger partial charge is 0.227 e. The van der Waals surface area contributed by atoms with Crippen LogP contribution in [0.25, 0.3) is 0 Å². The number of halogens is 1. The van der Waals surface area contributed by atoms with Crippen LogP contribution >= 0.6 is 24.0 Å². The highest BCUT2D eigenvalue weighted by Gasteiger charge is 2.25. The first-order chi connectivity index (χ1) is 10.9. The van der Waals surface area contributed by atoms with Crippen LogP contribution in [0.1, 0.15) is 45.6 Å². The molecule has 2 rings (SSSR count). The van der Waals surface area contributed by atoms with E-state index in [0.29, 0.717) is 6.54 Å². The number of guanidine groups is 1. The topological polar surface area (TPSA) is 65.5 Å². The van der Waals surface area contributed by atoms with Crippen molar-refractivity contribution in [3.05, 3.63) is 29.8 Å². The van der Waals surface area contributed by atoms with Gasteiger partial charge in [-0.25, -0.2) is 0 Å². The second kappa shape index (κ2) is 9.25. The molecule has 0 aliphatic heterocycles. The number of nitrogens with one attached hydrogen (secondary N) is 3. The van der Waals surface area contributed by atoms with Crippen molar-refractivity contribution in [2.24, 2.45) is 10.9 Å². The van der Waals surface area contributed by atoms with Gasteiger partial charge in [0.2, 0.25) is 5.91 Å². The van der Waals surface area contributed by atoms with Gasteiger partial charge < -0.3 is 16.0 Å². The maximum absolute atomic E-state index is 12.0. The van der Waals surface area contributed by atoms with Gasteiger partial charge in [-0.1, -0.05) is 18.6 Å². The molecule has 0 aromatic heterocycles. The summed E-state index contributed by atoms with van der Waals surface area (Å²) in [6.45, 7) is 6.94. The lowest BCUT2D eigenvalue weighted by molar-refractivity contribution is -0.122. The van der Waals surface area contributed by atoms with Crippen molar-refractivity contribution >= 4 is 41.5 Å². The van der Waals surface area contributed by atoms with Crippen LogP contribution in [0.2, 0.25) is 0 Å². The van der Waals surface area contributed by atoms with Crippen molar-refractivity contribution in [2.75, 3.05) is 12.4 Å². The second-order valence-corrected chi connectivity index (χ2v) is 7.12. The van der Waals surface area contributed by atoms with Gasteiger partial charge in [-0.3, -0.25) is 9.79 Å². The Bertz CT molecular complexity index is 577. The summed E-state index contributed by atoms with van der Waals surface area (Å²) in [5.41, 5.74) is 1.92. The van der Waals surface area contributed by atoms with Crippen LogP contribution in [0.3, 0.4) is 0 Å². The number of aliphatic imine (C=N–C) groups is 1. The number of hydrogen-bond acceptors (Lipinski definition) is 2. The van der Waals surface area contributed by atoms with E-state index in [2.05, 4.69) is 41.7 Å². The highest BCUT2D eigenvalue weighted by molar-refractivity contribution is 14.0. The lowest BCUT2D eigenvalue weighted by Gasteiger charge is -2.24. The van der Waals surface area contributed by atoms with E-state index in [0.717, 1.165) is 30.1 Å². The Balaban J connectivity index is 0.00000288. The number of hydrogen-bond donors (Lipinski definition) is 3. The summed E-state index contributed by atoms with van der Waals surface area (Å²) < 4.78 is 0. The molecule has 0 bridgehead atoms. The molecule has 0 spiro atoms. The zero-order valence-electron chi connectivity index (χ0n) is 15.0. The molecule has 0 saturated heterocycles. The van der Waals surface area contributed by atoms with E-state index in [1.54, 1.807) is 7.05 Å². The summed E-state index contributed by atoms with van der Waals surface area (Å²) >= 11 is 0. The third kappa shape index (κ3) is 6.67. The average molecular weight is 444 g/mol. The van der Waals surface area contributed by atoms with Crippen LogP contribution in [0, 0.1) is 5.92 Å². The van der Waals surface area contributed by atoms with Crippen molar-refractivity contribution in [1.29, 1.82) is 0 Å². The van der Waals surface area contributed by atoms with Crippen LogP contribution in [0.15, 0.2) is 29.3 Å². The molecule has 1 aromatic rings. The molecule has 1 aromatic carbocycles. The summed E-state index contributed by atoms with van der Waals surface area (Å²) in [4.78, 5) is 16.2. The normalized spacial score (nSPS) is 15.1. The summed E-state index contributed by atoms with van der Waals surface area (Å²) in [5, 5.41) is 9.63. The molecule has 0 radical (unpaired) electrons. The van der Waals surface area contributed by atoms with E-state index in [1.807, 2.05) is 24.3 Å². The van der Waals surface area contributed by atoms with Gasteiger partial charge in [0.15, 0.2) is 5.96 Å². The molecule has 1 aliphatic carbocycles. The largest absolute Gasteiger partial charge is 0.352 e. The lowest BCUT2D eigenvalue weighted by atomic mass is 9.85. The van der Waals surface area contributed by atoms with Gasteiger partial charge in [-0.15, -0.1) is 24.0 Å². The van der Waals surface area contributed by atoms with E-state index in [1.165, 1.54) is 6.42 Å². The fourth-order valence-corrected chi connectivity index (χ4v) is 2.39. The molecule has 134 valence electrons. The molecule has 1 aliphatic rings. The molecular formula is C18H29IN4O. The Morgan fingerprint density at radius 1 is 1.29 bits per heavy atom.